The van der Waals surface area contributed by atoms with Crippen molar-refractivity contribution in [1.82, 2.24) is 9.55 Å². The highest BCUT2D eigenvalue weighted by atomic mass is 16.5. The maximum atomic E-state index is 12.6. The molecular formula is C17H16N2O5. The van der Waals surface area contributed by atoms with Crippen molar-refractivity contribution in [3.63, 3.8) is 0 Å². The number of aromatic nitrogens is 2. The Bertz CT molecular complexity index is 824. The number of esters is 1. The first-order chi connectivity index (χ1) is 11.5. The van der Waals surface area contributed by atoms with Gasteiger partial charge in [0.15, 0.2) is 5.78 Å². The van der Waals surface area contributed by atoms with E-state index in [1.165, 1.54) is 17.0 Å². The normalized spacial score (nSPS) is 16.0. The number of carboxylic acid groups (broad SMARTS) is 1. The van der Waals surface area contributed by atoms with E-state index in [9.17, 15) is 14.4 Å². The second kappa shape index (κ2) is 6.27. The zero-order valence-corrected chi connectivity index (χ0v) is 13.1. The lowest BCUT2D eigenvalue weighted by Crippen LogP contribution is -2.19. The first-order valence-corrected chi connectivity index (χ1v) is 7.59. The van der Waals surface area contributed by atoms with E-state index < -0.39 is 12.0 Å². The van der Waals surface area contributed by atoms with E-state index in [0.29, 0.717) is 18.6 Å². The van der Waals surface area contributed by atoms with Crippen LogP contribution in [0.1, 0.15) is 45.1 Å². The van der Waals surface area contributed by atoms with Gasteiger partial charge in [0, 0.05) is 24.4 Å². The van der Waals surface area contributed by atoms with Gasteiger partial charge >= 0.3 is 11.9 Å². The number of ether oxygens (including phenoxy) is 1. The van der Waals surface area contributed by atoms with E-state index in [1.807, 2.05) is 6.07 Å². The molecule has 1 aliphatic rings. The average Bonchev–Trinajstić information content (AvgIpc) is 3.12. The Labute approximate surface area is 137 Å². The molecule has 0 aliphatic heterocycles. The summed E-state index contributed by atoms with van der Waals surface area (Å²) in [6.45, 7) is 2.07. The van der Waals surface area contributed by atoms with E-state index in [0.717, 1.165) is 11.1 Å². The summed E-state index contributed by atoms with van der Waals surface area (Å²) < 4.78 is 6.31. The van der Waals surface area contributed by atoms with E-state index in [2.05, 4.69) is 4.98 Å². The van der Waals surface area contributed by atoms with Crippen LogP contribution in [0, 0.1) is 0 Å². The maximum Gasteiger partial charge on any atom is 0.372 e. The van der Waals surface area contributed by atoms with Crippen molar-refractivity contribution in [2.45, 2.75) is 25.8 Å². The number of fused-ring (bicyclic) bond motifs is 1. The second-order valence-electron chi connectivity index (χ2n) is 5.52. The van der Waals surface area contributed by atoms with Crippen molar-refractivity contribution in [3.05, 3.63) is 53.1 Å². The van der Waals surface area contributed by atoms with Gasteiger partial charge in [0.05, 0.1) is 13.0 Å². The number of ketones is 1. The summed E-state index contributed by atoms with van der Waals surface area (Å²) in [6.07, 6.45) is 3.39. The number of Topliss-reactive ketones (excluding diaryl/α,β-unsaturated/α-hetero) is 1. The lowest BCUT2D eigenvalue weighted by molar-refractivity contribution is -0.142. The fraction of sp³-hybridized carbons (Fsp3) is 0.294. The Hall–Kier alpha value is -2.96. The number of carbonyl (C=O) groups is 3. The molecule has 0 fully saturated rings. The maximum absolute atomic E-state index is 12.6. The summed E-state index contributed by atoms with van der Waals surface area (Å²) in [5, 5.41) is 9.17. The Kier molecular flexibility index (Phi) is 4.16. The minimum Gasteiger partial charge on any atom is -0.475 e. The number of benzene rings is 1. The van der Waals surface area contributed by atoms with Crippen LogP contribution in [0.2, 0.25) is 0 Å². The van der Waals surface area contributed by atoms with Gasteiger partial charge in [-0.25, -0.2) is 9.78 Å². The average molecular weight is 328 g/mol. The third kappa shape index (κ3) is 2.80. The second-order valence-corrected chi connectivity index (χ2v) is 5.52. The van der Waals surface area contributed by atoms with Crippen LogP contribution in [0.3, 0.4) is 0 Å². The Morgan fingerprint density at radius 1 is 1.42 bits per heavy atom. The molecule has 7 heteroatoms. The highest BCUT2D eigenvalue weighted by Crippen LogP contribution is 2.31. The quantitative estimate of drug-likeness (QED) is 0.838. The summed E-state index contributed by atoms with van der Waals surface area (Å²) in [5.74, 6) is -1.80. The van der Waals surface area contributed by atoms with E-state index in [4.69, 9.17) is 9.84 Å². The van der Waals surface area contributed by atoms with Crippen molar-refractivity contribution < 1.29 is 24.2 Å². The molecule has 1 unspecified atom stereocenters. The molecule has 1 aliphatic carbocycles. The largest absolute Gasteiger partial charge is 0.475 e. The molecule has 0 amide bonds. The van der Waals surface area contributed by atoms with Crippen LogP contribution in [0.15, 0.2) is 30.6 Å². The predicted octanol–water partition coefficient (Wildman–Crippen LogP) is 1.67. The zero-order chi connectivity index (χ0) is 17.3. The molecule has 7 nitrogen and oxygen atoms in total. The molecular weight excluding hydrogens is 312 g/mol. The fourth-order valence-electron chi connectivity index (χ4n) is 2.98. The van der Waals surface area contributed by atoms with Gasteiger partial charge in [-0.05, 0) is 18.1 Å². The summed E-state index contributed by atoms with van der Waals surface area (Å²) >= 11 is 0. The molecule has 2 aromatic rings. The number of nitrogens with zero attached hydrogens (tertiary/aromatic N) is 2. The van der Waals surface area contributed by atoms with Gasteiger partial charge in [-0.1, -0.05) is 18.2 Å². The predicted molar refractivity (Wildman–Crippen MR) is 83.0 cm³/mol. The first-order valence-electron chi connectivity index (χ1n) is 7.59. The number of hydrogen-bond acceptors (Lipinski definition) is 5. The first kappa shape index (κ1) is 15.9. The van der Waals surface area contributed by atoms with Crippen molar-refractivity contribution in [1.29, 1.82) is 0 Å². The van der Waals surface area contributed by atoms with E-state index in [-0.39, 0.29) is 24.0 Å². The topological polar surface area (TPSA) is 98.5 Å². The summed E-state index contributed by atoms with van der Waals surface area (Å²) in [5.41, 5.74) is 2.12. The fourth-order valence-corrected chi connectivity index (χ4v) is 2.98. The van der Waals surface area contributed by atoms with Crippen LogP contribution < -0.4 is 0 Å². The monoisotopic (exact) mass is 328 g/mol. The Morgan fingerprint density at radius 2 is 2.21 bits per heavy atom. The van der Waals surface area contributed by atoms with E-state index >= 15 is 0 Å². The van der Waals surface area contributed by atoms with Gasteiger partial charge < -0.3 is 14.4 Å². The standard InChI is InChI=1S/C17H16N2O5/c1-2-24-14(20)8-10-3-4-12-11(7-10)9-13(15(12)21)19-6-5-18-16(19)17(22)23/h3-7,13H,2,8-9H2,1H3,(H,22,23). The van der Waals surface area contributed by atoms with E-state index in [1.54, 1.807) is 19.1 Å². The van der Waals surface area contributed by atoms with Crippen LogP contribution in [0.4, 0.5) is 0 Å². The van der Waals surface area contributed by atoms with Crippen LogP contribution in [0.5, 0.6) is 0 Å². The van der Waals surface area contributed by atoms with Gasteiger partial charge in [-0.15, -0.1) is 0 Å². The van der Waals surface area contributed by atoms with Crippen molar-refractivity contribution in [3.8, 4) is 0 Å². The summed E-state index contributed by atoms with van der Waals surface area (Å²) in [7, 11) is 0. The Morgan fingerprint density at radius 3 is 2.92 bits per heavy atom. The highest BCUT2D eigenvalue weighted by Gasteiger charge is 2.34. The molecule has 1 heterocycles. The summed E-state index contributed by atoms with van der Waals surface area (Å²) in [6, 6.07) is 4.60. The number of aromatic carboxylic acids is 1. The van der Waals surface area contributed by atoms with Crippen LogP contribution in [-0.2, 0) is 22.4 Å². The summed E-state index contributed by atoms with van der Waals surface area (Å²) in [4.78, 5) is 39.1. The Balaban J connectivity index is 1.86. The molecule has 1 atom stereocenters. The van der Waals surface area contributed by atoms with Crippen molar-refractivity contribution in [2.24, 2.45) is 0 Å². The van der Waals surface area contributed by atoms with Crippen molar-refractivity contribution >= 4 is 17.7 Å². The smallest absolute Gasteiger partial charge is 0.372 e. The molecule has 1 N–H and O–H groups in total. The molecule has 0 bridgehead atoms. The van der Waals surface area contributed by atoms with Gasteiger partial charge in [-0.2, -0.15) is 0 Å². The van der Waals surface area contributed by atoms with Gasteiger partial charge in [-0.3, -0.25) is 9.59 Å². The molecule has 124 valence electrons. The molecule has 0 saturated carbocycles. The number of carbonyl (C=O) groups excluding carboxylic acids is 2. The minimum absolute atomic E-state index is 0.144. The molecule has 24 heavy (non-hydrogen) atoms. The lowest BCUT2D eigenvalue weighted by Gasteiger charge is -2.11. The zero-order valence-electron chi connectivity index (χ0n) is 13.1. The van der Waals surface area contributed by atoms with Gasteiger partial charge in [0.2, 0.25) is 5.82 Å². The molecule has 1 aromatic heterocycles. The third-order valence-electron chi connectivity index (χ3n) is 4.00. The third-order valence-corrected chi connectivity index (χ3v) is 4.00. The van der Waals surface area contributed by atoms with Crippen LogP contribution in [-0.4, -0.2) is 39.0 Å². The lowest BCUT2D eigenvalue weighted by atomic mass is 10.0. The molecule has 0 radical (unpaired) electrons. The number of rotatable bonds is 5. The van der Waals surface area contributed by atoms with Crippen molar-refractivity contribution in [2.75, 3.05) is 6.61 Å². The highest BCUT2D eigenvalue weighted by molar-refractivity contribution is 6.04. The molecule has 0 saturated heterocycles. The van der Waals surface area contributed by atoms with Gasteiger partial charge in [0.1, 0.15) is 6.04 Å². The number of hydrogen-bond donors (Lipinski definition) is 1. The minimum atomic E-state index is -1.17. The van der Waals surface area contributed by atoms with Gasteiger partial charge in [0.25, 0.3) is 0 Å². The number of imidazole rings is 1. The molecule has 0 spiro atoms. The molecule has 3 rings (SSSR count). The van der Waals surface area contributed by atoms with Crippen LogP contribution in [0.25, 0.3) is 0 Å². The molecule has 1 aromatic carbocycles. The van der Waals surface area contributed by atoms with Crippen LogP contribution >= 0.6 is 0 Å². The SMILES string of the molecule is CCOC(=O)Cc1ccc2c(c1)CC(n1ccnc1C(=O)O)C2=O. The number of carboxylic acids is 1.